The molecule has 0 aliphatic carbocycles. The van der Waals surface area contributed by atoms with E-state index in [1.807, 2.05) is 0 Å². The fourth-order valence-corrected chi connectivity index (χ4v) is 2.81. The van der Waals surface area contributed by atoms with Crippen LogP contribution in [0.25, 0.3) is 22.3 Å². The Hall–Kier alpha value is -4.27. The van der Waals surface area contributed by atoms with Gasteiger partial charge in [0, 0.05) is 0 Å². The lowest BCUT2D eigenvalue weighted by Crippen LogP contribution is -2.30. The molecule has 2 aromatic carbocycles. The van der Waals surface area contributed by atoms with Gasteiger partial charge < -0.3 is 20.1 Å². The Labute approximate surface area is 170 Å². The lowest BCUT2D eigenvalue weighted by atomic mass is 10.0. The molecule has 1 atom stereocenters. The number of imidazole rings is 1. The first-order valence-electron chi connectivity index (χ1n) is 9.06. The largest absolute Gasteiger partial charge is 0.508 e. The fourth-order valence-electron chi connectivity index (χ4n) is 2.81. The molecule has 4 rings (SSSR count). The highest BCUT2D eigenvalue weighted by molar-refractivity contribution is 6.00. The Bertz CT molecular complexity index is 1200. The summed E-state index contributed by atoms with van der Waals surface area (Å²) in [6, 6.07) is 13.5. The lowest BCUT2D eigenvalue weighted by molar-refractivity contribution is -0.123. The number of phenols is 1. The summed E-state index contributed by atoms with van der Waals surface area (Å²) in [5.41, 5.74) is 2.99. The van der Waals surface area contributed by atoms with Crippen molar-refractivity contribution in [2.45, 2.75) is 13.0 Å². The van der Waals surface area contributed by atoms with E-state index in [0.717, 1.165) is 11.1 Å². The molecule has 0 bridgehead atoms. The normalized spacial score (nSPS) is 11.8. The molecule has 3 N–H and O–H groups in total. The summed E-state index contributed by atoms with van der Waals surface area (Å²) in [6.45, 7) is 1.48. The molecule has 0 radical (unpaired) electrons. The second kappa shape index (κ2) is 8.00. The van der Waals surface area contributed by atoms with Crippen LogP contribution < -0.4 is 5.32 Å². The fraction of sp³-hybridized carbons (Fsp3) is 0.0952. The third-order valence-corrected chi connectivity index (χ3v) is 4.44. The number of benzene rings is 2. The Kier molecular flexibility index (Phi) is 5.08. The Morgan fingerprint density at radius 1 is 1.00 bits per heavy atom. The molecule has 30 heavy (non-hydrogen) atoms. The molecule has 0 fully saturated rings. The van der Waals surface area contributed by atoms with E-state index < -0.39 is 18.0 Å². The number of amides is 1. The van der Waals surface area contributed by atoms with Crippen molar-refractivity contribution in [3.63, 3.8) is 0 Å². The third kappa shape index (κ3) is 3.95. The topological polar surface area (TPSA) is 130 Å². The number of aromatic hydroxyl groups is 1. The summed E-state index contributed by atoms with van der Waals surface area (Å²) in [4.78, 5) is 39.6. The summed E-state index contributed by atoms with van der Waals surface area (Å²) >= 11 is 0. The predicted molar refractivity (Wildman–Crippen MR) is 109 cm³/mol. The van der Waals surface area contributed by atoms with Crippen molar-refractivity contribution in [3.05, 3.63) is 66.7 Å². The first-order chi connectivity index (χ1) is 14.5. The van der Waals surface area contributed by atoms with Crippen LogP contribution in [0.2, 0.25) is 0 Å². The van der Waals surface area contributed by atoms with Crippen molar-refractivity contribution in [1.29, 1.82) is 0 Å². The van der Waals surface area contributed by atoms with Crippen LogP contribution in [-0.4, -0.2) is 43.0 Å². The number of carbonyl (C=O) groups is 2. The van der Waals surface area contributed by atoms with Crippen LogP contribution in [0.4, 0.5) is 5.82 Å². The minimum atomic E-state index is -1.04. The number of aromatic amines is 1. The van der Waals surface area contributed by atoms with Crippen molar-refractivity contribution in [3.8, 4) is 16.9 Å². The molecule has 0 aliphatic rings. The molecule has 9 heteroatoms. The second-order valence-corrected chi connectivity index (χ2v) is 6.48. The van der Waals surface area contributed by atoms with E-state index >= 15 is 0 Å². The number of nitrogens with one attached hydrogen (secondary N) is 2. The minimum absolute atomic E-state index is 0.182. The molecule has 0 saturated heterocycles. The third-order valence-electron chi connectivity index (χ3n) is 4.44. The summed E-state index contributed by atoms with van der Waals surface area (Å²) in [6.07, 6.45) is 1.69. The molecule has 2 aromatic heterocycles. The van der Waals surface area contributed by atoms with E-state index in [9.17, 15) is 14.7 Å². The highest BCUT2D eigenvalue weighted by Crippen LogP contribution is 2.22. The van der Waals surface area contributed by atoms with Crippen molar-refractivity contribution < 1.29 is 19.4 Å². The lowest BCUT2D eigenvalue weighted by Gasteiger charge is -2.13. The van der Waals surface area contributed by atoms with Gasteiger partial charge in [-0.05, 0) is 42.3 Å². The van der Waals surface area contributed by atoms with Gasteiger partial charge in [-0.3, -0.25) is 4.79 Å². The highest BCUT2D eigenvalue weighted by atomic mass is 16.5. The van der Waals surface area contributed by atoms with Crippen LogP contribution >= 0.6 is 0 Å². The van der Waals surface area contributed by atoms with Gasteiger partial charge in [0.15, 0.2) is 17.6 Å². The van der Waals surface area contributed by atoms with Gasteiger partial charge in [0.1, 0.15) is 17.6 Å². The average molecular weight is 403 g/mol. The Morgan fingerprint density at radius 3 is 2.37 bits per heavy atom. The van der Waals surface area contributed by atoms with E-state index in [-0.39, 0.29) is 11.6 Å². The van der Waals surface area contributed by atoms with Crippen LogP contribution in [0, 0.1) is 0 Å². The minimum Gasteiger partial charge on any atom is -0.508 e. The van der Waals surface area contributed by atoms with Gasteiger partial charge in [-0.1, -0.05) is 24.3 Å². The molecule has 0 unspecified atom stereocenters. The number of rotatable bonds is 5. The first-order valence-corrected chi connectivity index (χ1v) is 9.06. The number of fused-ring (bicyclic) bond motifs is 1. The zero-order chi connectivity index (χ0) is 21.1. The molecule has 9 nitrogen and oxygen atoms in total. The number of nitrogens with zero attached hydrogens (tertiary/aromatic N) is 3. The number of carbonyl (C=O) groups excluding carboxylic acids is 2. The molecule has 0 saturated carbocycles. The standard InChI is InChI=1S/C21H17N5O4/c1-12(20(28)26-19-17-18(23-10-22-17)24-11-25-19)30-21(29)15-4-2-13(3-5-15)14-6-8-16(27)9-7-14/h2-12,27H,1H3,(H2,22,23,24,25,26,28)/t12-/m0/s1. The van der Waals surface area contributed by atoms with Crippen molar-refractivity contribution in [1.82, 2.24) is 19.9 Å². The summed E-state index contributed by atoms with van der Waals surface area (Å²) in [7, 11) is 0. The number of esters is 1. The maximum Gasteiger partial charge on any atom is 0.338 e. The molecule has 0 spiro atoms. The van der Waals surface area contributed by atoms with Crippen molar-refractivity contribution in [2.24, 2.45) is 0 Å². The van der Waals surface area contributed by atoms with E-state index in [1.165, 1.54) is 19.6 Å². The summed E-state index contributed by atoms with van der Waals surface area (Å²) in [5, 5.41) is 12.0. The monoisotopic (exact) mass is 403 g/mol. The number of phenolic OH excluding ortho intramolecular Hbond substituents is 1. The van der Waals surface area contributed by atoms with E-state index in [4.69, 9.17) is 4.74 Å². The van der Waals surface area contributed by atoms with Gasteiger partial charge in [-0.2, -0.15) is 0 Å². The van der Waals surface area contributed by atoms with Gasteiger partial charge in [0.2, 0.25) is 0 Å². The van der Waals surface area contributed by atoms with Crippen LogP contribution in [0.5, 0.6) is 5.75 Å². The number of aromatic nitrogens is 4. The number of hydrogen-bond donors (Lipinski definition) is 3. The molecule has 2 heterocycles. The maximum atomic E-state index is 12.4. The molecule has 0 aliphatic heterocycles. The molecule has 150 valence electrons. The Balaban J connectivity index is 1.41. The molecule has 4 aromatic rings. The highest BCUT2D eigenvalue weighted by Gasteiger charge is 2.20. The van der Waals surface area contributed by atoms with Gasteiger partial charge in [-0.25, -0.2) is 19.7 Å². The summed E-state index contributed by atoms with van der Waals surface area (Å²) in [5.74, 6) is -0.715. The number of ether oxygens (including phenoxy) is 1. The van der Waals surface area contributed by atoms with Gasteiger partial charge in [0.25, 0.3) is 5.91 Å². The first kappa shape index (κ1) is 19.1. The predicted octanol–water partition coefficient (Wildman–Crippen LogP) is 2.91. The smallest absolute Gasteiger partial charge is 0.338 e. The number of H-pyrrole nitrogens is 1. The number of anilines is 1. The van der Waals surface area contributed by atoms with Crippen LogP contribution in [0.15, 0.2) is 61.2 Å². The SMILES string of the molecule is C[C@H](OC(=O)c1ccc(-c2ccc(O)cc2)cc1)C(=O)Nc1ncnc2nc[nH]c12. The molecular formula is C21H17N5O4. The molecular weight excluding hydrogens is 386 g/mol. The van der Waals surface area contributed by atoms with E-state index in [0.29, 0.717) is 16.7 Å². The van der Waals surface area contributed by atoms with Gasteiger partial charge in [-0.15, -0.1) is 0 Å². The summed E-state index contributed by atoms with van der Waals surface area (Å²) < 4.78 is 5.27. The van der Waals surface area contributed by atoms with Crippen LogP contribution in [-0.2, 0) is 9.53 Å². The number of hydrogen-bond acceptors (Lipinski definition) is 7. The van der Waals surface area contributed by atoms with Gasteiger partial charge >= 0.3 is 5.97 Å². The second-order valence-electron chi connectivity index (χ2n) is 6.48. The van der Waals surface area contributed by atoms with E-state index in [2.05, 4.69) is 25.3 Å². The molecule has 1 amide bonds. The van der Waals surface area contributed by atoms with E-state index in [1.54, 1.807) is 48.5 Å². The Morgan fingerprint density at radius 2 is 1.67 bits per heavy atom. The van der Waals surface area contributed by atoms with Crippen LogP contribution in [0.3, 0.4) is 0 Å². The van der Waals surface area contributed by atoms with Crippen LogP contribution in [0.1, 0.15) is 17.3 Å². The average Bonchev–Trinajstić information content (AvgIpc) is 3.24. The van der Waals surface area contributed by atoms with Crippen molar-refractivity contribution in [2.75, 3.05) is 5.32 Å². The van der Waals surface area contributed by atoms with Crippen molar-refractivity contribution >= 4 is 28.9 Å². The quantitative estimate of drug-likeness (QED) is 0.437. The maximum absolute atomic E-state index is 12.4. The zero-order valence-electron chi connectivity index (χ0n) is 15.9. The van der Waals surface area contributed by atoms with Gasteiger partial charge in [0.05, 0.1) is 11.9 Å². The zero-order valence-corrected chi connectivity index (χ0v) is 15.9.